The normalized spacial score (nSPS) is 11.2. The van der Waals surface area contributed by atoms with Crippen LogP contribution in [0.1, 0.15) is 22.9 Å². The van der Waals surface area contributed by atoms with Gasteiger partial charge in [0.15, 0.2) is 17.1 Å². The van der Waals surface area contributed by atoms with Gasteiger partial charge in [-0.1, -0.05) is 36.4 Å². The third-order valence-electron chi connectivity index (χ3n) is 4.06. The first-order chi connectivity index (χ1) is 12.4. The molecule has 5 nitrogen and oxygen atoms in total. The average molecular weight is 325 g/mol. The van der Waals surface area contributed by atoms with E-state index in [1.165, 1.54) is 0 Å². The number of hydrogen-bond donors (Lipinski definition) is 0. The number of aromatic nitrogens is 5. The van der Waals surface area contributed by atoms with E-state index in [9.17, 15) is 0 Å². The van der Waals surface area contributed by atoms with Gasteiger partial charge in [-0.3, -0.25) is 4.98 Å². The van der Waals surface area contributed by atoms with Gasteiger partial charge >= 0.3 is 0 Å². The molecule has 0 unspecified atom stereocenters. The summed E-state index contributed by atoms with van der Waals surface area (Å²) in [5.74, 6) is 1.18. The van der Waals surface area contributed by atoms with Gasteiger partial charge in [0.2, 0.25) is 0 Å². The first-order valence-electron chi connectivity index (χ1n) is 7.94. The summed E-state index contributed by atoms with van der Waals surface area (Å²) in [6, 6.07) is 19.4. The molecule has 3 aromatic heterocycles. The summed E-state index contributed by atoms with van der Waals surface area (Å²) in [6.45, 7) is 0. The SMILES string of the molecule is c1ccc(C(c2ccccn2)(c2ncccn2)c2ncccn2)cc1. The highest BCUT2D eigenvalue weighted by Gasteiger charge is 2.45. The molecule has 0 atom stereocenters. The number of nitrogens with zero attached hydrogens (tertiary/aromatic N) is 5. The van der Waals surface area contributed by atoms with Crippen LogP contribution in [0.5, 0.6) is 0 Å². The Kier molecular flexibility index (Phi) is 3.96. The molecule has 0 saturated carbocycles. The number of benzene rings is 1. The highest BCUT2D eigenvalue weighted by atomic mass is 15.0. The van der Waals surface area contributed by atoms with Crippen LogP contribution in [0.15, 0.2) is 91.6 Å². The minimum Gasteiger partial charge on any atom is -0.259 e. The molecule has 0 saturated heterocycles. The number of hydrogen-bond acceptors (Lipinski definition) is 5. The van der Waals surface area contributed by atoms with Crippen LogP contribution >= 0.6 is 0 Å². The minimum atomic E-state index is -0.884. The van der Waals surface area contributed by atoms with Gasteiger partial charge in [0.25, 0.3) is 0 Å². The highest BCUT2D eigenvalue weighted by molar-refractivity contribution is 5.50. The standard InChI is InChI=1S/C20H15N5/c1-2-8-16(9-3-1)20(17-10-4-5-11-21-17,18-22-12-6-13-23-18)19-24-14-7-15-25-19/h1-15H. The summed E-state index contributed by atoms with van der Waals surface area (Å²) in [4.78, 5) is 22.8. The van der Waals surface area contributed by atoms with Gasteiger partial charge < -0.3 is 0 Å². The second-order valence-corrected chi connectivity index (χ2v) is 5.48. The molecule has 5 heteroatoms. The van der Waals surface area contributed by atoms with E-state index in [1.54, 1.807) is 43.1 Å². The summed E-state index contributed by atoms with van der Waals surface area (Å²) < 4.78 is 0. The Balaban J connectivity index is 2.13. The van der Waals surface area contributed by atoms with Crippen molar-refractivity contribution in [3.8, 4) is 0 Å². The summed E-state index contributed by atoms with van der Waals surface area (Å²) in [5, 5.41) is 0. The lowest BCUT2D eigenvalue weighted by Crippen LogP contribution is -2.36. The Morgan fingerprint density at radius 1 is 0.480 bits per heavy atom. The van der Waals surface area contributed by atoms with Crippen molar-refractivity contribution in [2.75, 3.05) is 0 Å². The Morgan fingerprint density at radius 2 is 1.00 bits per heavy atom. The summed E-state index contributed by atoms with van der Waals surface area (Å²) >= 11 is 0. The molecule has 0 aliphatic rings. The Bertz CT molecular complexity index is 765. The van der Waals surface area contributed by atoms with E-state index in [1.807, 2.05) is 48.5 Å². The lowest BCUT2D eigenvalue weighted by molar-refractivity contribution is 0.611. The van der Waals surface area contributed by atoms with Gasteiger partial charge in [0.1, 0.15) is 0 Å². The summed E-state index contributed by atoms with van der Waals surface area (Å²) in [5.41, 5.74) is 0.857. The van der Waals surface area contributed by atoms with Gasteiger partial charge in [-0.15, -0.1) is 0 Å². The molecule has 0 spiro atoms. The highest BCUT2D eigenvalue weighted by Crippen LogP contribution is 2.40. The Hall–Kier alpha value is -3.47. The fourth-order valence-corrected chi connectivity index (χ4v) is 2.99. The fraction of sp³-hybridized carbons (Fsp3) is 0.0500. The van der Waals surface area contributed by atoms with Gasteiger partial charge in [-0.25, -0.2) is 19.9 Å². The molecule has 0 N–H and O–H groups in total. The second kappa shape index (κ2) is 6.57. The van der Waals surface area contributed by atoms with Crippen molar-refractivity contribution in [1.82, 2.24) is 24.9 Å². The van der Waals surface area contributed by atoms with Crippen molar-refractivity contribution in [2.24, 2.45) is 0 Å². The lowest BCUT2D eigenvalue weighted by atomic mass is 9.75. The minimum absolute atomic E-state index is 0.589. The van der Waals surface area contributed by atoms with Crippen molar-refractivity contribution in [1.29, 1.82) is 0 Å². The second-order valence-electron chi connectivity index (χ2n) is 5.48. The van der Waals surface area contributed by atoms with Crippen molar-refractivity contribution in [3.05, 3.63) is 115 Å². The number of rotatable bonds is 4. The molecule has 25 heavy (non-hydrogen) atoms. The van der Waals surface area contributed by atoms with Crippen LogP contribution in [-0.4, -0.2) is 24.9 Å². The molecule has 0 aliphatic heterocycles. The molecule has 0 bridgehead atoms. The quantitative estimate of drug-likeness (QED) is 0.577. The zero-order valence-electron chi connectivity index (χ0n) is 13.4. The third kappa shape index (κ3) is 2.55. The molecule has 0 radical (unpaired) electrons. The van der Waals surface area contributed by atoms with Crippen molar-refractivity contribution >= 4 is 0 Å². The molecule has 0 aliphatic carbocycles. The molecule has 0 amide bonds. The predicted octanol–water partition coefficient (Wildman–Crippen LogP) is 3.04. The van der Waals surface area contributed by atoms with Crippen LogP contribution in [0.2, 0.25) is 0 Å². The Labute approximate surface area is 145 Å². The van der Waals surface area contributed by atoms with Crippen LogP contribution in [0.3, 0.4) is 0 Å². The topological polar surface area (TPSA) is 64.5 Å². The van der Waals surface area contributed by atoms with E-state index in [2.05, 4.69) is 24.9 Å². The van der Waals surface area contributed by atoms with Crippen LogP contribution < -0.4 is 0 Å². The van der Waals surface area contributed by atoms with Gasteiger partial charge in [0, 0.05) is 31.0 Å². The van der Waals surface area contributed by atoms with E-state index >= 15 is 0 Å². The molecule has 4 aromatic rings. The van der Waals surface area contributed by atoms with Gasteiger partial charge in [0.05, 0.1) is 5.69 Å². The van der Waals surface area contributed by atoms with Crippen LogP contribution in [0.4, 0.5) is 0 Å². The first-order valence-corrected chi connectivity index (χ1v) is 7.94. The molecule has 3 heterocycles. The largest absolute Gasteiger partial charge is 0.259 e. The van der Waals surface area contributed by atoms with E-state index in [4.69, 9.17) is 0 Å². The van der Waals surface area contributed by atoms with E-state index < -0.39 is 5.41 Å². The first kappa shape index (κ1) is 15.1. The Morgan fingerprint density at radius 3 is 1.52 bits per heavy atom. The molecule has 4 rings (SSSR count). The van der Waals surface area contributed by atoms with Crippen LogP contribution in [0.25, 0.3) is 0 Å². The monoisotopic (exact) mass is 325 g/mol. The summed E-state index contributed by atoms with van der Waals surface area (Å²) in [7, 11) is 0. The maximum atomic E-state index is 4.62. The molecular formula is C20H15N5. The molecule has 120 valence electrons. The van der Waals surface area contributed by atoms with E-state index in [0.29, 0.717) is 11.6 Å². The maximum absolute atomic E-state index is 4.62. The molecule has 0 fully saturated rings. The van der Waals surface area contributed by atoms with Gasteiger partial charge in [-0.05, 0) is 29.8 Å². The lowest BCUT2D eigenvalue weighted by Gasteiger charge is -2.30. The van der Waals surface area contributed by atoms with Crippen LogP contribution in [0, 0.1) is 0 Å². The summed E-state index contributed by atoms with van der Waals surface area (Å²) in [6.07, 6.45) is 8.68. The zero-order valence-corrected chi connectivity index (χ0v) is 13.4. The maximum Gasteiger partial charge on any atom is 0.156 e. The van der Waals surface area contributed by atoms with Crippen molar-refractivity contribution in [3.63, 3.8) is 0 Å². The van der Waals surface area contributed by atoms with Crippen LogP contribution in [-0.2, 0) is 5.41 Å². The third-order valence-corrected chi connectivity index (χ3v) is 4.06. The smallest absolute Gasteiger partial charge is 0.156 e. The average Bonchev–Trinajstić information content (AvgIpc) is 2.72. The number of pyridine rings is 1. The van der Waals surface area contributed by atoms with Crippen molar-refractivity contribution < 1.29 is 0 Å². The molecular weight excluding hydrogens is 310 g/mol. The predicted molar refractivity (Wildman–Crippen MR) is 93.7 cm³/mol. The fourth-order valence-electron chi connectivity index (χ4n) is 2.99. The molecule has 1 aromatic carbocycles. The van der Waals surface area contributed by atoms with Gasteiger partial charge in [-0.2, -0.15) is 0 Å². The van der Waals surface area contributed by atoms with E-state index in [0.717, 1.165) is 11.3 Å². The van der Waals surface area contributed by atoms with E-state index in [-0.39, 0.29) is 0 Å². The zero-order chi connectivity index (χ0) is 17.0. The van der Waals surface area contributed by atoms with Crippen molar-refractivity contribution in [2.45, 2.75) is 5.41 Å².